The van der Waals surface area contributed by atoms with E-state index in [1.54, 1.807) is 0 Å². The van der Waals surface area contributed by atoms with Crippen LogP contribution < -0.4 is 10.9 Å². The lowest BCUT2D eigenvalue weighted by Crippen LogP contribution is -2.35. The molecule has 0 radical (unpaired) electrons. The van der Waals surface area contributed by atoms with Crippen LogP contribution in [0.4, 0.5) is 0 Å². The van der Waals surface area contributed by atoms with Gasteiger partial charge in [-0.25, -0.2) is 4.79 Å². The second-order valence-corrected chi connectivity index (χ2v) is 8.61. The van der Waals surface area contributed by atoms with Gasteiger partial charge in [-0.3, -0.25) is 14.2 Å². The molecule has 0 saturated heterocycles. The second kappa shape index (κ2) is 8.18. The highest BCUT2D eigenvalue weighted by molar-refractivity contribution is 9.10. The van der Waals surface area contributed by atoms with Gasteiger partial charge in [-0.05, 0) is 40.9 Å². The molecule has 2 aromatic heterocycles. The predicted molar refractivity (Wildman–Crippen MR) is 116 cm³/mol. The fourth-order valence-electron chi connectivity index (χ4n) is 3.12. The number of aromatic nitrogens is 3. The Morgan fingerprint density at radius 1 is 1.29 bits per heavy atom. The van der Waals surface area contributed by atoms with Gasteiger partial charge in [-0.2, -0.15) is 9.61 Å². The molecule has 1 saturated carbocycles. The summed E-state index contributed by atoms with van der Waals surface area (Å²) >= 11 is 15.9. The van der Waals surface area contributed by atoms with Crippen molar-refractivity contribution < 1.29 is 19.4 Å². The number of ether oxygens (including phenoxy) is 1. The lowest BCUT2D eigenvalue weighted by molar-refractivity contribution is 0.0600. The number of carbonyl (C=O) groups excluding carboxylic acids is 2. The number of nitrogens with one attached hydrogen (secondary N) is 1. The summed E-state index contributed by atoms with van der Waals surface area (Å²) < 4.78 is 7.32. The topological polar surface area (TPSA) is 115 Å². The Kier molecular flexibility index (Phi) is 5.71. The summed E-state index contributed by atoms with van der Waals surface area (Å²) in [6.45, 7) is -0.135. The summed E-state index contributed by atoms with van der Waals surface area (Å²) in [6.07, 6.45) is 1.63. The lowest BCUT2D eigenvalue weighted by atomic mass is 10.1. The maximum absolute atomic E-state index is 13.2. The fraction of sp³-hybridized carbons (Fsp3) is 0.263. The van der Waals surface area contributed by atoms with Gasteiger partial charge in [0, 0.05) is 27.7 Å². The van der Waals surface area contributed by atoms with Crippen LogP contribution in [0.5, 0.6) is 5.88 Å². The van der Waals surface area contributed by atoms with Crippen LogP contribution >= 0.6 is 39.1 Å². The number of amides is 1. The first kappa shape index (κ1) is 21.7. The molecule has 0 aliphatic heterocycles. The first-order valence-electron chi connectivity index (χ1n) is 9.09. The quantitative estimate of drug-likeness (QED) is 0.491. The van der Waals surface area contributed by atoms with E-state index in [0.29, 0.717) is 10.2 Å². The number of nitrogens with zero attached hydrogens (tertiary/aromatic N) is 3. The maximum atomic E-state index is 13.2. The van der Waals surface area contributed by atoms with E-state index in [2.05, 4.69) is 31.1 Å². The molecule has 31 heavy (non-hydrogen) atoms. The van der Waals surface area contributed by atoms with Crippen LogP contribution in [0.1, 0.15) is 39.1 Å². The van der Waals surface area contributed by atoms with Crippen molar-refractivity contribution in [1.82, 2.24) is 19.5 Å². The third-order valence-electron chi connectivity index (χ3n) is 4.84. The first-order chi connectivity index (χ1) is 14.7. The highest BCUT2D eigenvalue weighted by atomic mass is 79.9. The summed E-state index contributed by atoms with van der Waals surface area (Å²) in [6, 6.07) is 4.25. The van der Waals surface area contributed by atoms with E-state index in [-0.39, 0.29) is 33.8 Å². The van der Waals surface area contributed by atoms with E-state index >= 15 is 0 Å². The van der Waals surface area contributed by atoms with Crippen LogP contribution in [0.3, 0.4) is 0 Å². The fourth-order valence-corrected chi connectivity index (χ4v) is 4.09. The van der Waals surface area contributed by atoms with Gasteiger partial charge >= 0.3 is 5.97 Å². The highest BCUT2D eigenvalue weighted by Gasteiger charge is 2.29. The van der Waals surface area contributed by atoms with Crippen LogP contribution in [-0.2, 0) is 11.3 Å². The standard InChI is InChI=1S/C19H15BrCl2N4O5/c1-31-19(30)8-4-11(21)10(12(22)5-8)7-25-14-6-13(20)24-26(14)18(29)15(17(25)28)16(27)23-9-2-3-9/h4-6,9,29H,2-3,7H2,1H3,(H,23,27). The minimum Gasteiger partial charge on any atom is -0.492 e. The van der Waals surface area contributed by atoms with Gasteiger partial charge < -0.3 is 15.2 Å². The average molecular weight is 530 g/mol. The molecule has 12 heteroatoms. The zero-order valence-electron chi connectivity index (χ0n) is 16.0. The summed E-state index contributed by atoms with van der Waals surface area (Å²) in [5, 5.41) is 17.6. The number of hydrogen-bond acceptors (Lipinski definition) is 6. The number of aromatic hydroxyl groups is 1. The molecule has 1 aromatic carbocycles. The van der Waals surface area contributed by atoms with Gasteiger partial charge in [0.2, 0.25) is 5.88 Å². The molecule has 2 N–H and O–H groups in total. The van der Waals surface area contributed by atoms with Crippen molar-refractivity contribution in [2.45, 2.75) is 25.4 Å². The van der Waals surface area contributed by atoms with Crippen LogP contribution in [0, 0.1) is 0 Å². The number of halogens is 3. The average Bonchev–Trinajstić information content (AvgIpc) is 3.44. The maximum Gasteiger partial charge on any atom is 0.337 e. The van der Waals surface area contributed by atoms with E-state index in [0.717, 1.165) is 17.4 Å². The molecular weight excluding hydrogens is 515 g/mol. The monoisotopic (exact) mass is 528 g/mol. The predicted octanol–water partition coefficient (Wildman–Crippen LogP) is 3.00. The molecule has 0 bridgehead atoms. The van der Waals surface area contributed by atoms with Crippen LogP contribution in [0.2, 0.25) is 10.0 Å². The molecule has 4 rings (SSSR count). The number of hydrogen-bond donors (Lipinski definition) is 2. The Morgan fingerprint density at radius 3 is 2.52 bits per heavy atom. The van der Waals surface area contributed by atoms with E-state index in [4.69, 9.17) is 23.2 Å². The SMILES string of the molecule is COC(=O)c1cc(Cl)c(Cn2c(=O)c(C(=O)NC3CC3)c(O)n3nc(Br)cc23)c(Cl)c1. The van der Waals surface area contributed by atoms with E-state index in [1.165, 1.54) is 29.9 Å². The third kappa shape index (κ3) is 4.02. The van der Waals surface area contributed by atoms with Crippen LogP contribution in [0.15, 0.2) is 27.6 Å². The molecule has 0 atom stereocenters. The van der Waals surface area contributed by atoms with Gasteiger partial charge in [0.05, 0.1) is 19.2 Å². The van der Waals surface area contributed by atoms with Crippen LogP contribution in [0.25, 0.3) is 5.65 Å². The highest BCUT2D eigenvalue weighted by Crippen LogP contribution is 2.29. The number of carbonyl (C=O) groups is 2. The Hall–Kier alpha value is -2.56. The summed E-state index contributed by atoms with van der Waals surface area (Å²) in [7, 11) is 1.23. The molecule has 0 unspecified atom stereocenters. The second-order valence-electron chi connectivity index (χ2n) is 6.98. The summed E-state index contributed by atoms with van der Waals surface area (Å²) in [5.74, 6) is -1.87. The molecular formula is C19H15BrCl2N4O5. The van der Waals surface area contributed by atoms with Crippen molar-refractivity contribution in [3.63, 3.8) is 0 Å². The Morgan fingerprint density at radius 2 is 1.94 bits per heavy atom. The van der Waals surface area contributed by atoms with E-state index in [9.17, 15) is 19.5 Å². The van der Waals surface area contributed by atoms with Crippen molar-refractivity contribution >= 4 is 56.7 Å². The minimum atomic E-state index is -0.736. The van der Waals surface area contributed by atoms with Gasteiger partial charge in [-0.15, -0.1) is 0 Å². The minimum absolute atomic E-state index is 0.0189. The number of methoxy groups -OCH3 is 1. The zero-order chi connectivity index (χ0) is 22.4. The Bertz CT molecular complexity index is 1280. The number of fused-ring (bicyclic) bond motifs is 1. The number of esters is 1. The summed E-state index contributed by atoms with van der Waals surface area (Å²) in [4.78, 5) is 37.7. The molecule has 1 fully saturated rings. The molecule has 0 spiro atoms. The van der Waals surface area contributed by atoms with Crippen molar-refractivity contribution in [1.29, 1.82) is 0 Å². The van der Waals surface area contributed by atoms with E-state index < -0.39 is 28.9 Å². The van der Waals surface area contributed by atoms with Crippen LogP contribution in [-0.4, -0.2) is 44.3 Å². The van der Waals surface area contributed by atoms with Gasteiger partial charge in [0.1, 0.15) is 10.3 Å². The lowest BCUT2D eigenvalue weighted by Gasteiger charge is -2.15. The van der Waals surface area contributed by atoms with Crippen molar-refractivity contribution in [3.05, 3.63) is 59.9 Å². The van der Waals surface area contributed by atoms with Crippen molar-refractivity contribution in [3.8, 4) is 5.88 Å². The molecule has 3 aromatic rings. The third-order valence-corrected chi connectivity index (χ3v) is 5.90. The molecule has 2 heterocycles. The molecule has 162 valence electrons. The zero-order valence-corrected chi connectivity index (χ0v) is 19.1. The Labute approximate surface area is 193 Å². The molecule has 9 nitrogen and oxygen atoms in total. The largest absolute Gasteiger partial charge is 0.492 e. The smallest absolute Gasteiger partial charge is 0.337 e. The number of benzene rings is 1. The molecule has 1 amide bonds. The van der Waals surface area contributed by atoms with Crippen molar-refractivity contribution in [2.24, 2.45) is 0 Å². The van der Waals surface area contributed by atoms with Crippen molar-refractivity contribution in [2.75, 3.05) is 7.11 Å². The molecule has 1 aliphatic carbocycles. The molecule has 1 aliphatic rings. The van der Waals surface area contributed by atoms with E-state index in [1.807, 2.05) is 0 Å². The van der Waals surface area contributed by atoms with Gasteiger partial charge in [0.25, 0.3) is 11.5 Å². The van der Waals surface area contributed by atoms with Gasteiger partial charge in [0.15, 0.2) is 5.56 Å². The first-order valence-corrected chi connectivity index (χ1v) is 10.6. The van der Waals surface area contributed by atoms with Gasteiger partial charge in [-0.1, -0.05) is 23.2 Å². The Balaban J connectivity index is 1.87. The summed E-state index contributed by atoms with van der Waals surface area (Å²) in [5.41, 5.74) is -0.465. The number of rotatable bonds is 5. The normalized spacial score (nSPS) is 13.4.